The Kier molecular flexibility index (Phi) is 4.11. The van der Waals surface area contributed by atoms with E-state index in [4.69, 9.17) is 0 Å². The number of aliphatic imine (C=N–C) groups is 1. The van der Waals surface area contributed by atoms with Crippen molar-refractivity contribution in [3.05, 3.63) is 53.7 Å². The van der Waals surface area contributed by atoms with Crippen LogP contribution in [-0.4, -0.2) is 33.7 Å². The number of nitrogens with zero attached hydrogens (tertiary/aromatic N) is 4. The molecule has 0 bridgehead atoms. The standard InChI is InChI=1S/C16H12F3N5/c1-20-9-14-15(23-24-22-14)13-7-3-6-12(21-13)10-4-2-5-11(8-10)16(17,18)19/h2-9H,1H3,(H,22,23,24)/b20-9+. The Morgan fingerprint density at radius 3 is 2.58 bits per heavy atom. The fourth-order valence-electron chi connectivity index (χ4n) is 2.23. The molecule has 0 aliphatic heterocycles. The first-order valence-electron chi connectivity index (χ1n) is 6.97. The zero-order valence-corrected chi connectivity index (χ0v) is 12.5. The third kappa shape index (κ3) is 3.17. The Morgan fingerprint density at radius 2 is 1.83 bits per heavy atom. The maximum Gasteiger partial charge on any atom is 0.416 e. The van der Waals surface area contributed by atoms with E-state index in [1.807, 2.05) is 0 Å². The second-order valence-electron chi connectivity index (χ2n) is 4.95. The van der Waals surface area contributed by atoms with Crippen LogP contribution in [0.2, 0.25) is 0 Å². The lowest BCUT2D eigenvalue weighted by Crippen LogP contribution is -2.04. The molecule has 0 atom stereocenters. The van der Waals surface area contributed by atoms with Gasteiger partial charge in [-0.25, -0.2) is 4.98 Å². The normalized spacial score (nSPS) is 12.0. The molecule has 5 nitrogen and oxygen atoms in total. The quantitative estimate of drug-likeness (QED) is 0.746. The second kappa shape index (κ2) is 6.23. The van der Waals surface area contributed by atoms with E-state index in [-0.39, 0.29) is 0 Å². The fraction of sp³-hybridized carbons (Fsp3) is 0.125. The Hall–Kier alpha value is -3.03. The van der Waals surface area contributed by atoms with Gasteiger partial charge in [0.25, 0.3) is 0 Å². The first kappa shape index (κ1) is 15.9. The van der Waals surface area contributed by atoms with Gasteiger partial charge in [-0.3, -0.25) is 10.1 Å². The molecule has 0 amide bonds. The maximum atomic E-state index is 12.9. The lowest BCUT2D eigenvalue weighted by Gasteiger charge is -2.09. The molecule has 0 spiro atoms. The minimum Gasteiger partial charge on any atom is -0.294 e. The van der Waals surface area contributed by atoms with E-state index in [1.165, 1.54) is 6.07 Å². The van der Waals surface area contributed by atoms with Gasteiger partial charge in [0, 0.05) is 18.8 Å². The zero-order chi connectivity index (χ0) is 17.2. The van der Waals surface area contributed by atoms with Gasteiger partial charge >= 0.3 is 6.18 Å². The first-order chi connectivity index (χ1) is 11.5. The SMILES string of the molecule is C/N=C/c1[nH]nnc1-c1cccc(-c2cccc(C(F)(F)F)c2)n1. The summed E-state index contributed by atoms with van der Waals surface area (Å²) in [5.41, 5.74) is 1.63. The number of hydrogen-bond acceptors (Lipinski definition) is 4. The topological polar surface area (TPSA) is 66.8 Å². The lowest BCUT2D eigenvalue weighted by atomic mass is 10.1. The summed E-state index contributed by atoms with van der Waals surface area (Å²) in [6.45, 7) is 0. The molecule has 2 aromatic heterocycles. The highest BCUT2D eigenvalue weighted by atomic mass is 19.4. The van der Waals surface area contributed by atoms with Crippen LogP contribution in [0.1, 0.15) is 11.3 Å². The smallest absolute Gasteiger partial charge is 0.294 e. The molecule has 0 fully saturated rings. The van der Waals surface area contributed by atoms with Gasteiger partial charge in [-0.2, -0.15) is 13.2 Å². The van der Waals surface area contributed by atoms with Crippen molar-refractivity contribution >= 4 is 6.21 Å². The number of benzene rings is 1. The van der Waals surface area contributed by atoms with E-state index < -0.39 is 11.7 Å². The molecule has 2 heterocycles. The molecule has 3 aromatic rings. The van der Waals surface area contributed by atoms with Gasteiger partial charge in [0.1, 0.15) is 11.4 Å². The van der Waals surface area contributed by atoms with Crippen LogP contribution < -0.4 is 0 Å². The predicted octanol–water partition coefficient (Wildman–Crippen LogP) is 3.60. The van der Waals surface area contributed by atoms with Gasteiger partial charge in [-0.05, 0) is 24.3 Å². The molecule has 0 aliphatic carbocycles. The van der Waals surface area contributed by atoms with Gasteiger partial charge < -0.3 is 0 Å². The van der Waals surface area contributed by atoms with Crippen LogP contribution in [0.3, 0.4) is 0 Å². The van der Waals surface area contributed by atoms with E-state index in [1.54, 1.807) is 37.5 Å². The van der Waals surface area contributed by atoms with Crippen LogP contribution in [0.5, 0.6) is 0 Å². The lowest BCUT2D eigenvalue weighted by molar-refractivity contribution is -0.137. The van der Waals surface area contributed by atoms with E-state index in [2.05, 4.69) is 25.4 Å². The van der Waals surface area contributed by atoms with Crippen LogP contribution in [0.15, 0.2) is 47.5 Å². The van der Waals surface area contributed by atoms with Gasteiger partial charge in [0.2, 0.25) is 0 Å². The van der Waals surface area contributed by atoms with Crippen LogP contribution in [0.25, 0.3) is 22.6 Å². The van der Waals surface area contributed by atoms with E-state index in [0.29, 0.717) is 28.3 Å². The molecule has 1 aromatic carbocycles. The molecule has 1 N–H and O–H groups in total. The van der Waals surface area contributed by atoms with Gasteiger partial charge in [0.05, 0.1) is 17.0 Å². The number of H-pyrrole nitrogens is 1. The minimum absolute atomic E-state index is 0.376. The van der Waals surface area contributed by atoms with E-state index >= 15 is 0 Å². The van der Waals surface area contributed by atoms with Crippen molar-refractivity contribution in [3.63, 3.8) is 0 Å². The Balaban J connectivity index is 2.04. The number of aromatic nitrogens is 4. The zero-order valence-electron chi connectivity index (χ0n) is 12.5. The Morgan fingerprint density at radius 1 is 1.08 bits per heavy atom. The van der Waals surface area contributed by atoms with Crippen molar-refractivity contribution in [3.8, 4) is 22.6 Å². The number of pyridine rings is 1. The molecule has 0 unspecified atom stereocenters. The van der Waals surface area contributed by atoms with Crippen molar-refractivity contribution in [2.45, 2.75) is 6.18 Å². The molecular formula is C16H12F3N5. The van der Waals surface area contributed by atoms with Crippen molar-refractivity contribution in [1.82, 2.24) is 20.4 Å². The summed E-state index contributed by atoms with van der Waals surface area (Å²) < 4.78 is 38.6. The number of halogens is 3. The number of alkyl halides is 3. The molecule has 8 heteroatoms. The number of nitrogens with one attached hydrogen (secondary N) is 1. The van der Waals surface area contributed by atoms with Gasteiger partial charge in [0.15, 0.2) is 0 Å². The molecule has 0 saturated heterocycles. The van der Waals surface area contributed by atoms with Gasteiger partial charge in [-0.15, -0.1) is 5.10 Å². The third-order valence-electron chi connectivity index (χ3n) is 3.31. The number of hydrogen-bond donors (Lipinski definition) is 1. The van der Waals surface area contributed by atoms with E-state index in [0.717, 1.165) is 12.1 Å². The molecule has 3 rings (SSSR count). The maximum absolute atomic E-state index is 12.9. The third-order valence-corrected chi connectivity index (χ3v) is 3.31. The second-order valence-corrected chi connectivity index (χ2v) is 4.95. The molecule has 0 radical (unpaired) electrons. The molecule has 0 aliphatic rings. The van der Waals surface area contributed by atoms with Gasteiger partial charge in [-0.1, -0.05) is 23.4 Å². The van der Waals surface area contributed by atoms with Crippen LogP contribution in [-0.2, 0) is 6.18 Å². The van der Waals surface area contributed by atoms with Crippen LogP contribution >= 0.6 is 0 Å². The predicted molar refractivity (Wildman–Crippen MR) is 83.6 cm³/mol. The van der Waals surface area contributed by atoms with E-state index in [9.17, 15) is 13.2 Å². The molecular weight excluding hydrogens is 319 g/mol. The summed E-state index contributed by atoms with van der Waals surface area (Å²) in [5.74, 6) is 0. The first-order valence-corrected chi connectivity index (χ1v) is 6.97. The average Bonchev–Trinajstić information content (AvgIpc) is 3.03. The van der Waals surface area contributed by atoms with Crippen molar-refractivity contribution in [1.29, 1.82) is 0 Å². The molecule has 24 heavy (non-hydrogen) atoms. The summed E-state index contributed by atoms with van der Waals surface area (Å²) in [6, 6.07) is 10.1. The van der Waals surface area contributed by atoms with Crippen molar-refractivity contribution in [2.24, 2.45) is 4.99 Å². The Bertz CT molecular complexity index is 883. The van der Waals surface area contributed by atoms with Crippen molar-refractivity contribution < 1.29 is 13.2 Å². The van der Waals surface area contributed by atoms with Crippen molar-refractivity contribution in [2.75, 3.05) is 7.05 Å². The highest BCUT2D eigenvalue weighted by molar-refractivity contribution is 5.85. The summed E-state index contributed by atoms with van der Waals surface area (Å²) in [7, 11) is 1.61. The Labute approximate surface area is 135 Å². The van der Waals surface area contributed by atoms with Crippen LogP contribution in [0, 0.1) is 0 Å². The highest BCUT2D eigenvalue weighted by Crippen LogP contribution is 2.32. The summed E-state index contributed by atoms with van der Waals surface area (Å²) in [5, 5.41) is 10.4. The average molecular weight is 331 g/mol. The summed E-state index contributed by atoms with van der Waals surface area (Å²) >= 11 is 0. The molecule has 122 valence electrons. The molecule has 0 saturated carbocycles. The minimum atomic E-state index is -4.40. The van der Waals surface area contributed by atoms with Crippen LogP contribution in [0.4, 0.5) is 13.2 Å². The fourth-order valence-corrected chi connectivity index (χ4v) is 2.23. The largest absolute Gasteiger partial charge is 0.416 e. The summed E-state index contributed by atoms with van der Waals surface area (Å²) in [4.78, 5) is 8.29. The number of aromatic amines is 1. The highest BCUT2D eigenvalue weighted by Gasteiger charge is 2.30. The monoisotopic (exact) mass is 331 g/mol. The summed E-state index contributed by atoms with van der Waals surface area (Å²) in [6.07, 6.45) is -2.85. The number of rotatable bonds is 3.